The Kier molecular flexibility index (Phi) is 5.07. The van der Waals surface area contributed by atoms with Crippen LogP contribution < -0.4 is 5.56 Å². The van der Waals surface area contributed by atoms with Crippen LogP contribution in [0.1, 0.15) is 16.7 Å². The zero-order valence-corrected chi connectivity index (χ0v) is 15.5. The Hall–Kier alpha value is -3.59. The van der Waals surface area contributed by atoms with Crippen LogP contribution in [0.15, 0.2) is 102 Å². The molecule has 0 aliphatic heterocycles. The van der Waals surface area contributed by atoms with Gasteiger partial charge in [-0.2, -0.15) is 0 Å². The second-order valence-electron chi connectivity index (χ2n) is 6.82. The summed E-state index contributed by atoms with van der Waals surface area (Å²) in [6.45, 7) is 0.460. The van der Waals surface area contributed by atoms with Gasteiger partial charge < -0.3 is 9.67 Å². The smallest absolute Gasteiger partial charge is 0.258 e. The van der Waals surface area contributed by atoms with Gasteiger partial charge in [-0.05, 0) is 16.7 Å². The monoisotopic (exact) mass is 367 g/mol. The molecule has 0 amide bonds. The molecule has 138 valence electrons. The topological polar surface area (TPSA) is 42.2 Å². The van der Waals surface area contributed by atoms with Crippen LogP contribution in [0.4, 0.5) is 0 Å². The number of pyridine rings is 1. The minimum Gasteiger partial charge on any atom is -0.507 e. The zero-order chi connectivity index (χ0) is 19.3. The van der Waals surface area contributed by atoms with E-state index in [1.165, 1.54) is 0 Å². The molecule has 4 rings (SSSR count). The Balaban J connectivity index is 1.86. The molecule has 0 fully saturated rings. The van der Waals surface area contributed by atoms with Crippen molar-refractivity contribution in [2.75, 3.05) is 0 Å². The first-order chi connectivity index (χ1) is 13.7. The quantitative estimate of drug-likeness (QED) is 0.547. The van der Waals surface area contributed by atoms with Crippen LogP contribution in [0.3, 0.4) is 0 Å². The number of hydrogen-bond donors (Lipinski definition) is 1. The van der Waals surface area contributed by atoms with Crippen molar-refractivity contribution >= 4 is 0 Å². The number of aromatic nitrogens is 1. The van der Waals surface area contributed by atoms with Gasteiger partial charge in [0.1, 0.15) is 5.75 Å². The maximum atomic E-state index is 13.2. The summed E-state index contributed by atoms with van der Waals surface area (Å²) in [5, 5.41) is 11.0. The molecule has 0 bridgehead atoms. The van der Waals surface area contributed by atoms with E-state index in [4.69, 9.17) is 0 Å². The van der Waals surface area contributed by atoms with Crippen molar-refractivity contribution in [1.82, 2.24) is 4.57 Å². The summed E-state index contributed by atoms with van der Waals surface area (Å²) in [7, 11) is 0. The molecule has 1 aromatic heterocycles. The molecule has 28 heavy (non-hydrogen) atoms. The van der Waals surface area contributed by atoms with Gasteiger partial charge in [0, 0.05) is 18.2 Å². The summed E-state index contributed by atoms with van der Waals surface area (Å²) in [6, 6.07) is 29.3. The van der Waals surface area contributed by atoms with Gasteiger partial charge in [-0.25, -0.2) is 0 Å². The van der Waals surface area contributed by atoms with Gasteiger partial charge in [-0.15, -0.1) is 0 Å². The molecule has 3 nitrogen and oxygen atoms in total. The fourth-order valence-electron chi connectivity index (χ4n) is 3.40. The van der Waals surface area contributed by atoms with E-state index in [9.17, 15) is 9.90 Å². The third-order valence-corrected chi connectivity index (χ3v) is 4.85. The van der Waals surface area contributed by atoms with Gasteiger partial charge >= 0.3 is 0 Å². The molecule has 0 saturated heterocycles. The SMILES string of the molecule is O=c1c(Cc2ccccc2)c(O)c(-c2ccccc2)cn1Cc1ccccc1. The molecule has 4 aromatic rings. The summed E-state index contributed by atoms with van der Waals surface area (Å²) < 4.78 is 1.69. The molecule has 3 aromatic carbocycles. The van der Waals surface area contributed by atoms with Crippen LogP contribution in [-0.2, 0) is 13.0 Å². The van der Waals surface area contributed by atoms with Crippen LogP contribution in [0, 0.1) is 0 Å². The molecular formula is C25H21NO2. The summed E-state index contributed by atoms with van der Waals surface area (Å²) >= 11 is 0. The average Bonchev–Trinajstić information content (AvgIpc) is 2.75. The zero-order valence-electron chi connectivity index (χ0n) is 15.5. The van der Waals surface area contributed by atoms with Gasteiger partial charge in [0.15, 0.2) is 0 Å². The van der Waals surface area contributed by atoms with Crippen molar-refractivity contribution in [3.05, 3.63) is 124 Å². The summed E-state index contributed by atoms with van der Waals surface area (Å²) in [5.41, 5.74) is 3.85. The maximum absolute atomic E-state index is 13.2. The van der Waals surface area contributed by atoms with Gasteiger partial charge in [-0.3, -0.25) is 4.79 Å². The molecule has 1 N–H and O–H groups in total. The molecule has 0 aliphatic carbocycles. The Morgan fingerprint density at radius 3 is 1.86 bits per heavy atom. The Morgan fingerprint density at radius 1 is 0.714 bits per heavy atom. The van der Waals surface area contributed by atoms with E-state index >= 15 is 0 Å². The van der Waals surface area contributed by atoms with Gasteiger partial charge in [0.25, 0.3) is 5.56 Å². The highest BCUT2D eigenvalue weighted by Gasteiger charge is 2.17. The lowest BCUT2D eigenvalue weighted by atomic mass is 9.99. The maximum Gasteiger partial charge on any atom is 0.258 e. The lowest BCUT2D eigenvalue weighted by Crippen LogP contribution is -2.24. The van der Waals surface area contributed by atoms with Crippen molar-refractivity contribution < 1.29 is 5.11 Å². The third-order valence-electron chi connectivity index (χ3n) is 4.85. The highest BCUT2D eigenvalue weighted by atomic mass is 16.3. The molecule has 0 saturated carbocycles. The summed E-state index contributed by atoms with van der Waals surface area (Å²) in [6.07, 6.45) is 2.15. The first-order valence-corrected chi connectivity index (χ1v) is 9.31. The van der Waals surface area contributed by atoms with E-state index in [1.54, 1.807) is 10.8 Å². The van der Waals surface area contributed by atoms with Crippen LogP contribution in [0.25, 0.3) is 11.1 Å². The molecule has 0 atom stereocenters. The number of nitrogens with zero attached hydrogens (tertiary/aromatic N) is 1. The molecular weight excluding hydrogens is 346 g/mol. The van der Waals surface area contributed by atoms with Gasteiger partial charge in [-0.1, -0.05) is 91.0 Å². The number of rotatable bonds is 5. The first-order valence-electron chi connectivity index (χ1n) is 9.31. The summed E-state index contributed by atoms with van der Waals surface area (Å²) in [4.78, 5) is 13.2. The summed E-state index contributed by atoms with van der Waals surface area (Å²) in [5.74, 6) is 0.0596. The van der Waals surface area contributed by atoms with E-state index in [0.29, 0.717) is 24.1 Å². The fraction of sp³-hybridized carbons (Fsp3) is 0.0800. The first kappa shape index (κ1) is 17.8. The highest BCUT2D eigenvalue weighted by molar-refractivity contribution is 5.71. The second-order valence-corrected chi connectivity index (χ2v) is 6.82. The molecule has 0 radical (unpaired) electrons. The fourth-order valence-corrected chi connectivity index (χ4v) is 3.40. The Labute approximate surface area is 164 Å². The van der Waals surface area contributed by atoms with Gasteiger partial charge in [0.2, 0.25) is 0 Å². The van der Waals surface area contributed by atoms with Crippen molar-refractivity contribution in [2.24, 2.45) is 0 Å². The highest BCUT2D eigenvalue weighted by Crippen LogP contribution is 2.31. The predicted molar refractivity (Wildman–Crippen MR) is 113 cm³/mol. The molecule has 0 unspecified atom stereocenters. The largest absolute Gasteiger partial charge is 0.507 e. The van der Waals surface area contributed by atoms with Crippen LogP contribution in [0.5, 0.6) is 5.75 Å². The standard InChI is InChI=1S/C25H21NO2/c27-24-22(16-19-10-4-1-5-11-19)25(28)26(17-20-12-6-2-7-13-20)18-23(24)21-14-8-3-9-15-21/h1-15,18,27H,16-17H2. The van der Waals surface area contributed by atoms with Crippen LogP contribution in [0.2, 0.25) is 0 Å². The lowest BCUT2D eigenvalue weighted by Gasteiger charge is -2.15. The van der Waals surface area contributed by atoms with Crippen molar-refractivity contribution in [2.45, 2.75) is 13.0 Å². The molecule has 0 spiro atoms. The van der Waals surface area contributed by atoms with Crippen LogP contribution >= 0.6 is 0 Å². The van der Waals surface area contributed by atoms with Crippen molar-refractivity contribution in [3.63, 3.8) is 0 Å². The third kappa shape index (κ3) is 3.74. The van der Waals surface area contributed by atoms with Crippen molar-refractivity contribution in [1.29, 1.82) is 0 Å². The molecule has 1 heterocycles. The van der Waals surface area contributed by atoms with E-state index in [1.807, 2.05) is 91.0 Å². The number of benzene rings is 3. The molecule has 0 aliphatic rings. The second kappa shape index (κ2) is 7.97. The molecule has 3 heteroatoms. The van der Waals surface area contributed by atoms with E-state index in [2.05, 4.69) is 0 Å². The van der Waals surface area contributed by atoms with E-state index < -0.39 is 0 Å². The van der Waals surface area contributed by atoms with E-state index in [0.717, 1.165) is 16.7 Å². The average molecular weight is 367 g/mol. The minimum absolute atomic E-state index is 0.0596. The van der Waals surface area contributed by atoms with Crippen LogP contribution in [-0.4, -0.2) is 9.67 Å². The minimum atomic E-state index is -0.162. The number of hydrogen-bond acceptors (Lipinski definition) is 2. The Morgan fingerprint density at radius 2 is 1.25 bits per heavy atom. The van der Waals surface area contributed by atoms with Gasteiger partial charge in [0.05, 0.1) is 12.1 Å². The normalized spacial score (nSPS) is 10.7. The Bertz CT molecular complexity index is 1120. The predicted octanol–water partition coefficient (Wildman–Crippen LogP) is 4.86. The van der Waals surface area contributed by atoms with Crippen molar-refractivity contribution in [3.8, 4) is 16.9 Å². The van der Waals surface area contributed by atoms with E-state index in [-0.39, 0.29) is 11.3 Å². The number of aromatic hydroxyl groups is 1. The lowest BCUT2D eigenvalue weighted by molar-refractivity contribution is 0.466.